The van der Waals surface area contributed by atoms with Gasteiger partial charge in [-0.3, -0.25) is 14.9 Å². The minimum atomic E-state index is -0.525. The molecule has 0 aliphatic carbocycles. The molecule has 0 aliphatic rings. The van der Waals surface area contributed by atoms with Crippen LogP contribution in [0.25, 0.3) is 5.52 Å². The Balaban J connectivity index is 2.23. The van der Waals surface area contributed by atoms with Crippen molar-refractivity contribution in [3.05, 3.63) is 75.1 Å². The molecule has 27 heavy (non-hydrogen) atoms. The van der Waals surface area contributed by atoms with E-state index in [0.717, 1.165) is 16.8 Å². The molecule has 0 atom stereocenters. The van der Waals surface area contributed by atoms with Crippen molar-refractivity contribution in [1.29, 1.82) is 0 Å². The zero-order valence-electron chi connectivity index (χ0n) is 16.1. The molecule has 0 saturated heterocycles. The van der Waals surface area contributed by atoms with Gasteiger partial charge in [0.1, 0.15) is 0 Å². The number of hydrogen-bond donors (Lipinski definition) is 0. The number of rotatable bonds is 4. The normalized spacial score (nSPS) is 11.6. The highest BCUT2D eigenvalue weighted by molar-refractivity contribution is 6.10. The Morgan fingerprint density at radius 2 is 1.85 bits per heavy atom. The van der Waals surface area contributed by atoms with Gasteiger partial charge in [-0.25, -0.2) is 0 Å². The minimum Gasteiger partial charge on any atom is -0.490 e. The number of carbonyl (C=O) groups excluding carboxylic acids is 1. The van der Waals surface area contributed by atoms with E-state index in [1.807, 2.05) is 35.6 Å². The molecule has 1 aromatic carbocycles. The second-order valence-electron chi connectivity index (χ2n) is 7.57. The summed E-state index contributed by atoms with van der Waals surface area (Å²) in [5, 5.41) is 11.1. The fraction of sp³-hybridized carbons (Fsp3) is 0.286. The summed E-state index contributed by atoms with van der Waals surface area (Å²) in [4.78, 5) is 23.9. The van der Waals surface area contributed by atoms with Crippen molar-refractivity contribution >= 4 is 17.0 Å². The first-order valence-corrected chi connectivity index (χ1v) is 8.64. The molecule has 0 saturated carbocycles. The summed E-state index contributed by atoms with van der Waals surface area (Å²) >= 11 is 0. The van der Waals surface area contributed by atoms with Crippen LogP contribution in [-0.4, -0.2) is 22.2 Å². The molecule has 2 heterocycles. The van der Waals surface area contributed by atoms with Gasteiger partial charge >= 0.3 is 5.69 Å². The molecular weight excluding hydrogens is 344 g/mol. The van der Waals surface area contributed by atoms with Crippen LogP contribution in [0.2, 0.25) is 0 Å². The number of ketones is 1. The molecule has 0 amide bonds. The van der Waals surface area contributed by atoms with Gasteiger partial charge in [-0.1, -0.05) is 26.8 Å². The van der Waals surface area contributed by atoms with E-state index in [2.05, 4.69) is 20.8 Å². The van der Waals surface area contributed by atoms with Crippen molar-refractivity contribution in [2.45, 2.75) is 33.1 Å². The van der Waals surface area contributed by atoms with Crippen LogP contribution >= 0.6 is 0 Å². The quantitative estimate of drug-likeness (QED) is 0.381. The first-order valence-electron chi connectivity index (χ1n) is 8.64. The van der Waals surface area contributed by atoms with Crippen LogP contribution in [0, 0.1) is 17.0 Å². The third-order valence-corrected chi connectivity index (χ3v) is 4.60. The highest BCUT2D eigenvalue weighted by atomic mass is 16.6. The van der Waals surface area contributed by atoms with E-state index in [1.165, 1.54) is 25.3 Å². The summed E-state index contributed by atoms with van der Waals surface area (Å²) in [5.74, 6) is -0.127. The Hall–Kier alpha value is -3.15. The molecule has 6 heteroatoms. The van der Waals surface area contributed by atoms with E-state index in [4.69, 9.17) is 4.74 Å². The summed E-state index contributed by atoms with van der Waals surface area (Å²) in [6.07, 6.45) is 0. The number of pyridine rings is 1. The maximum absolute atomic E-state index is 13.3. The van der Waals surface area contributed by atoms with Crippen molar-refractivity contribution in [1.82, 2.24) is 4.40 Å². The largest absolute Gasteiger partial charge is 0.490 e. The number of methoxy groups -OCH3 is 1. The number of carbonyl (C=O) groups is 1. The molecule has 0 N–H and O–H groups in total. The standard InChI is InChI=1S/C21H22N2O4/c1-13-11-15-7-6-8-18(21(2,3)4)22(15)19(13)20(24)14-9-10-16(23(25)26)17(12-14)27-5/h6-12H,1-5H3. The molecule has 0 bridgehead atoms. The van der Waals surface area contributed by atoms with E-state index >= 15 is 0 Å². The smallest absolute Gasteiger partial charge is 0.310 e. The van der Waals surface area contributed by atoms with Crippen LogP contribution < -0.4 is 4.74 Å². The van der Waals surface area contributed by atoms with Gasteiger partial charge in [-0.2, -0.15) is 0 Å². The molecule has 3 rings (SSSR count). The minimum absolute atomic E-state index is 0.0698. The van der Waals surface area contributed by atoms with Crippen molar-refractivity contribution in [2.24, 2.45) is 0 Å². The first-order chi connectivity index (χ1) is 12.6. The highest BCUT2D eigenvalue weighted by Gasteiger charge is 2.25. The molecule has 140 valence electrons. The number of benzene rings is 1. The highest BCUT2D eigenvalue weighted by Crippen LogP contribution is 2.31. The van der Waals surface area contributed by atoms with Crippen molar-refractivity contribution in [2.75, 3.05) is 7.11 Å². The molecule has 0 unspecified atom stereocenters. The van der Waals surface area contributed by atoms with Gasteiger partial charge in [0, 0.05) is 28.3 Å². The van der Waals surface area contributed by atoms with Crippen LogP contribution in [0.5, 0.6) is 5.75 Å². The van der Waals surface area contributed by atoms with Gasteiger partial charge in [0.15, 0.2) is 5.75 Å². The van der Waals surface area contributed by atoms with Gasteiger partial charge in [-0.05, 0) is 42.8 Å². The lowest BCUT2D eigenvalue weighted by molar-refractivity contribution is -0.385. The van der Waals surface area contributed by atoms with E-state index in [0.29, 0.717) is 11.3 Å². The maximum Gasteiger partial charge on any atom is 0.310 e. The van der Waals surface area contributed by atoms with Gasteiger partial charge in [0.2, 0.25) is 5.78 Å². The van der Waals surface area contributed by atoms with Gasteiger partial charge < -0.3 is 9.14 Å². The van der Waals surface area contributed by atoms with E-state index < -0.39 is 4.92 Å². The zero-order valence-corrected chi connectivity index (χ0v) is 16.1. The lowest BCUT2D eigenvalue weighted by atomic mass is 9.91. The van der Waals surface area contributed by atoms with E-state index in [1.54, 1.807) is 0 Å². The van der Waals surface area contributed by atoms with Gasteiger partial charge in [0.05, 0.1) is 17.7 Å². The number of fused-ring (bicyclic) bond motifs is 1. The second-order valence-corrected chi connectivity index (χ2v) is 7.57. The number of hydrogen-bond acceptors (Lipinski definition) is 4. The van der Waals surface area contributed by atoms with Crippen LogP contribution in [0.15, 0.2) is 42.5 Å². The number of aryl methyl sites for hydroxylation is 1. The second kappa shape index (κ2) is 6.54. The monoisotopic (exact) mass is 366 g/mol. The topological polar surface area (TPSA) is 73.8 Å². The molecular formula is C21H22N2O4. The fourth-order valence-corrected chi connectivity index (χ4v) is 3.33. The van der Waals surface area contributed by atoms with Crippen molar-refractivity contribution in [3.8, 4) is 5.75 Å². The number of aromatic nitrogens is 1. The molecule has 0 radical (unpaired) electrons. The SMILES string of the molecule is COc1cc(C(=O)c2c(C)cc3cccc(C(C)(C)C)n23)ccc1[N+](=O)[O-]. The molecule has 0 aliphatic heterocycles. The lowest BCUT2D eigenvalue weighted by Crippen LogP contribution is -2.19. The van der Waals surface area contributed by atoms with Crippen molar-refractivity contribution < 1.29 is 14.5 Å². The third-order valence-electron chi connectivity index (χ3n) is 4.60. The summed E-state index contributed by atoms with van der Waals surface area (Å²) in [5.41, 5.74) is 3.40. The molecule has 0 fully saturated rings. The Bertz CT molecular complexity index is 1060. The van der Waals surface area contributed by atoms with Crippen LogP contribution in [-0.2, 0) is 5.41 Å². The van der Waals surface area contributed by atoms with Crippen molar-refractivity contribution in [3.63, 3.8) is 0 Å². The first kappa shape index (κ1) is 18.6. The van der Waals surface area contributed by atoms with E-state index in [9.17, 15) is 14.9 Å². The number of nitro groups is 1. The molecule has 0 spiro atoms. The Labute approximate surface area is 157 Å². The van der Waals surface area contributed by atoms with Gasteiger partial charge in [-0.15, -0.1) is 0 Å². The Morgan fingerprint density at radius 1 is 1.15 bits per heavy atom. The van der Waals surface area contributed by atoms with E-state index in [-0.39, 0.29) is 22.6 Å². The molecule has 3 aromatic rings. The van der Waals surface area contributed by atoms with Gasteiger partial charge in [0.25, 0.3) is 0 Å². The average Bonchev–Trinajstić information content (AvgIpc) is 2.95. The summed E-state index contributed by atoms with van der Waals surface area (Å²) < 4.78 is 7.09. The molecule has 2 aromatic heterocycles. The predicted molar refractivity (Wildman–Crippen MR) is 104 cm³/mol. The molecule has 6 nitrogen and oxygen atoms in total. The lowest BCUT2D eigenvalue weighted by Gasteiger charge is -2.22. The number of ether oxygens (including phenoxy) is 1. The summed E-state index contributed by atoms with van der Waals surface area (Å²) in [6, 6.07) is 12.2. The predicted octanol–water partition coefficient (Wildman–Crippen LogP) is 4.69. The third kappa shape index (κ3) is 3.18. The maximum atomic E-state index is 13.3. The Morgan fingerprint density at radius 3 is 2.44 bits per heavy atom. The van der Waals surface area contributed by atoms with Crippen LogP contribution in [0.1, 0.15) is 48.1 Å². The zero-order chi connectivity index (χ0) is 19.9. The fourth-order valence-electron chi connectivity index (χ4n) is 3.33. The number of nitrogens with zero attached hydrogens (tertiary/aromatic N) is 2. The van der Waals surface area contributed by atoms with Crippen LogP contribution in [0.4, 0.5) is 5.69 Å². The van der Waals surface area contributed by atoms with Crippen LogP contribution in [0.3, 0.4) is 0 Å². The average molecular weight is 366 g/mol. The number of nitro benzene ring substituents is 1. The summed E-state index contributed by atoms with van der Waals surface area (Å²) in [7, 11) is 1.35. The Kier molecular flexibility index (Phi) is 4.51. The summed E-state index contributed by atoms with van der Waals surface area (Å²) in [6.45, 7) is 8.19.